The molecule has 0 bridgehead atoms. The van der Waals surface area contributed by atoms with Gasteiger partial charge >= 0.3 is 0 Å². The van der Waals surface area contributed by atoms with Crippen LogP contribution in [0.5, 0.6) is 5.75 Å². The first kappa shape index (κ1) is 22.4. The Bertz CT molecular complexity index is 1130. The Morgan fingerprint density at radius 3 is 2.48 bits per heavy atom. The van der Waals surface area contributed by atoms with Crippen LogP contribution in [0.3, 0.4) is 0 Å². The number of hydrogen-bond donors (Lipinski definition) is 2. The maximum Gasteiger partial charge on any atom is 0.255 e. The largest absolute Gasteiger partial charge is 0.755 e. The third-order valence-corrected chi connectivity index (χ3v) is 5.93. The van der Waals surface area contributed by atoms with Crippen molar-refractivity contribution in [3.8, 4) is 5.75 Å². The number of thiazole rings is 1. The summed E-state index contributed by atoms with van der Waals surface area (Å²) >= 11 is -1.77. The number of nitrogens with zero attached hydrogens (tertiary/aromatic N) is 2. The summed E-state index contributed by atoms with van der Waals surface area (Å²) in [5.41, 5.74) is 1.36. The van der Waals surface area contributed by atoms with Crippen molar-refractivity contribution in [1.82, 2.24) is 4.98 Å². The molecule has 1 aromatic heterocycles. The normalized spacial score (nSPS) is 11.5. The summed E-state index contributed by atoms with van der Waals surface area (Å²) in [6.07, 6.45) is 0. The van der Waals surface area contributed by atoms with Gasteiger partial charge in [-0.2, -0.15) is 0 Å². The van der Waals surface area contributed by atoms with Gasteiger partial charge in [0.15, 0.2) is 5.13 Å². The zero-order valence-corrected chi connectivity index (χ0v) is 18.5. The van der Waals surface area contributed by atoms with Crippen molar-refractivity contribution in [3.05, 3.63) is 59.8 Å². The summed E-state index contributed by atoms with van der Waals surface area (Å²) < 4.78 is 30.7. The van der Waals surface area contributed by atoms with Crippen LogP contribution in [-0.4, -0.2) is 32.7 Å². The standard InChI is InChI=1S/C20H20N4O5S2/c1-12-19(30-20(21-12)22-13(2)25)24(31(27)28)16-11-14(9-10-17(16)29-3)18(26)23-15-7-5-4-6-8-15/h4-11H,1-3H3,(H,23,26)(H,27,28)(H,21,22,25)/p-1. The van der Waals surface area contributed by atoms with E-state index in [2.05, 4.69) is 15.6 Å². The molecule has 0 fully saturated rings. The second kappa shape index (κ2) is 9.69. The molecule has 0 spiro atoms. The van der Waals surface area contributed by atoms with Gasteiger partial charge in [0.2, 0.25) is 5.91 Å². The Hall–Kier alpha value is -3.28. The molecule has 0 aliphatic carbocycles. The average Bonchev–Trinajstić information content (AvgIpc) is 3.07. The van der Waals surface area contributed by atoms with Crippen LogP contribution in [0.2, 0.25) is 0 Å². The topological polar surface area (TPSA) is 124 Å². The lowest BCUT2D eigenvalue weighted by atomic mass is 10.1. The Morgan fingerprint density at radius 2 is 1.87 bits per heavy atom. The molecule has 0 radical (unpaired) electrons. The number of carbonyl (C=O) groups is 2. The van der Waals surface area contributed by atoms with Gasteiger partial charge in [-0.15, -0.1) is 0 Å². The lowest BCUT2D eigenvalue weighted by molar-refractivity contribution is -0.114. The van der Waals surface area contributed by atoms with Crippen LogP contribution >= 0.6 is 11.3 Å². The summed E-state index contributed by atoms with van der Waals surface area (Å²) in [4.78, 5) is 28.2. The molecule has 0 saturated heterocycles. The molecule has 1 unspecified atom stereocenters. The van der Waals surface area contributed by atoms with Crippen LogP contribution in [0.1, 0.15) is 23.0 Å². The van der Waals surface area contributed by atoms with Gasteiger partial charge in [0, 0.05) is 18.2 Å². The molecule has 0 aliphatic rings. The Balaban J connectivity index is 2.02. The fraction of sp³-hybridized carbons (Fsp3) is 0.150. The molecule has 2 aromatic carbocycles. The molecule has 0 aliphatic heterocycles. The first-order chi connectivity index (χ1) is 14.8. The summed E-state index contributed by atoms with van der Waals surface area (Å²) in [6, 6.07) is 13.4. The van der Waals surface area contributed by atoms with Gasteiger partial charge in [-0.1, -0.05) is 29.5 Å². The van der Waals surface area contributed by atoms with E-state index in [-0.39, 0.29) is 33.0 Å². The zero-order valence-electron chi connectivity index (χ0n) is 16.9. The van der Waals surface area contributed by atoms with Crippen molar-refractivity contribution in [2.45, 2.75) is 13.8 Å². The average molecular weight is 460 g/mol. The number of anilines is 4. The minimum absolute atomic E-state index is 0.137. The van der Waals surface area contributed by atoms with Crippen LogP contribution in [-0.2, 0) is 16.1 Å². The highest BCUT2D eigenvalue weighted by Gasteiger charge is 2.23. The molecule has 0 saturated carbocycles. The van der Waals surface area contributed by atoms with E-state index in [1.807, 2.05) is 6.07 Å². The molecule has 1 heterocycles. The molecular formula is C20H19N4O5S2-. The molecule has 9 nitrogen and oxygen atoms in total. The Labute approximate surface area is 185 Å². The molecule has 3 aromatic rings. The zero-order chi connectivity index (χ0) is 22.5. The highest BCUT2D eigenvalue weighted by molar-refractivity contribution is 7.81. The van der Waals surface area contributed by atoms with Gasteiger partial charge in [-0.3, -0.25) is 18.1 Å². The number of carbonyl (C=O) groups excluding carboxylic acids is 2. The van der Waals surface area contributed by atoms with Gasteiger partial charge in [0.05, 0.1) is 29.8 Å². The first-order valence-corrected chi connectivity index (χ1v) is 10.8. The van der Waals surface area contributed by atoms with Gasteiger partial charge in [0.25, 0.3) is 5.91 Å². The van der Waals surface area contributed by atoms with Gasteiger partial charge in [-0.25, -0.2) is 4.98 Å². The number of methoxy groups -OCH3 is 1. The minimum atomic E-state index is -2.76. The van der Waals surface area contributed by atoms with E-state index < -0.39 is 17.2 Å². The third-order valence-electron chi connectivity index (χ3n) is 4.08. The van der Waals surface area contributed by atoms with E-state index in [0.717, 1.165) is 15.6 Å². The molecule has 2 amide bonds. The first-order valence-electron chi connectivity index (χ1n) is 8.99. The van der Waals surface area contributed by atoms with Crippen molar-refractivity contribution < 1.29 is 23.1 Å². The summed E-state index contributed by atoms with van der Waals surface area (Å²) in [7, 11) is 1.40. The number of hydrogen-bond acceptors (Lipinski definition) is 7. The lowest BCUT2D eigenvalue weighted by Gasteiger charge is -2.27. The predicted molar refractivity (Wildman–Crippen MR) is 120 cm³/mol. The summed E-state index contributed by atoms with van der Waals surface area (Å²) in [6.45, 7) is 2.95. The maximum absolute atomic E-state index is 12.7. The van der Waals surface area contributed by atoms with Crippen LogP contribution in [0.25, 0.3) is 0 Å². The Morgan fingerprint density at radius 1 is 1.16 bits per heavy atom. The van der Waals surface area contributed by atoms with Crippen molar-refractivity contribution in [1.29, 1.82) is 0 Å². The van der Waals surface area contributed by atoms with Crippen LogP contribution in [0, 0.1) is 6.92 Å². The molecule has 2 N–H and O–H groups in total. The summed E-state index contributed by atoms with van der Waals surface area (Å²) in [5.74, 6) is -0.492. The van der Waals surface area contributed by atoms with Crippen molar-refractivity contribution in [3.63, 3.8) is 0 Å². The second-order valence-electron chi connectivity index (χ2n) is 6.31. The SMILES string of the molecule is COc1ccc(C(=O)Nc2ccccc2)cc1N(c1sc(NC(C)=O)nc1C)S(=O)[O-]. The van der Waals surface area contributed by atoms with E-state index >= 15 is 0 Å². The van der Waals surface area contributed by atoms with E-state index in [9.17, 15) is 18.4 Å². The fourth-order valence-electron chi connectivity index (χ4n) is 2.75. The molecular weight excluding hydrogens is 440 g/mol. The molecule has 31 heavy (non-hydrogen) atoms. The molecule has 1 atom stereocenters. The number of benzene rings is 2. The van der Waals surface area contributed by atoms with Crippen LogP contribution in [0.4, 0.5) is 21.5 Å². The quantitative estimate of drug-likeness (QED) is 0.520. The van der Waals surface area contributed by atoms with Crippen LogP contribution < -0.4 is 19.7 Å². The molecule has 3 rings (SSSR count). The minimum Gasteiger partial charge on any atom is -0.755 e. The highest BCUT2D eigenvalue weighted by atomic mass is 32.2. The number of aromatic nitrogens is 1. The van der Waals surface area contributed by atoms with E-state index in [1.165, 1.54) is 32.2 Å². The van der Waals surface area contributed by atoms with E-state index in [0.29, 0.717) is 11.4 Å². The number of aryl methyl sites for hydroxylation is 1. The number of para-hydroxylation sites is 1. The number of rotatable bonds is 7. The predicted octanol–water partition coefficient (Wildman–Crippen LogP) is 3.60. The van der Waals surface area contributed by atoms with Gasteiger partial charge < -0.3 is 19.9 Å². The van der Waals surface area contributed by atoms with Crippen molar-refractivity contribution in [2.75, 3.05) is 22.0 Å². The van der Waals surface area contributed by atoms with Crippen molar-refractivity contribution >= 4 is 55.9 Å². The smallest absolute Gasteiger partial charge is 0.255 e. The monoisotopic (exact) mass is 459 g/mol. The van der Waals surface area contributed by atoms with Crippen LogP contribution in [0.15, 0.2) is 48.5 Å². The van der Waals surface area contributed by atoms with E-state index in [1.54, 1.807) is 31.2 Å². The number of nitrogens with one attached hydrogen (secondary N) is 2. The second-order valence-corrected chi connectivity index (χ2v) is 8.09. The van der Waals surface area contributed by atoms with Crippen molar-refractivity contribution in [2.24, 2.45) is 0 Å². The molecule has 162 valence electrons. The van der Waals surface area contributed by atoms with Gasteiger partial charge in [0.1, 0.15) is 10.8 Å². The Kier molecular flexibility index (Phi) is 7.00. The lowest BCUT2D eigenvalue weighted by Crippen LogP contribution is -2.21. The third kappa shape index (κ3) is 5.26. The summed E-state index contributed by atoms with van der Waals surface area (Å²) in [5, 5.41) is 5.82. The molecule has 11 heteroatoms. The number of amides is 2. The highest BCUT2D eigenvalue weighted by Crippen LogP contribution is 2.41. The number of ether oxygens (including phenoxy) is 1. The van der Waals surface area contributed by atoms with Gasteiger partial charge in [-0.05, 0) is 37.3 Å². The maximum atomic E-state index is 12.7. The van der Waals surface area contributed by atoms with E-state index in [4.69, 9.17) is 4.74 Å². The fourth-order valence-corrected chi connectivity index (χ4v) is 4.55.